The molecule has 1 aromatic heterocycles. The van der Waals surface area contributed by atoms with Gasteiger partial charge in [-0.05, 0) is 56.7 Å². The number of methoxy groups -OCH3 is 1. The monoisotopic (exact) mass is 426 g/mol. The van der Waals surface area contributed by atoms with E-state index in [4.69, 9.17) is 9.15 Å². The van der Waals surface area contributed by atoms with Crippen molar-refractivity contribution in [2.75, 3.05) is 12.4 Å². The zero-order chi connectivity index (χ0) is 21.7. The third kappa shape index (κ3) is 5.38. The van der Waals surface area contributed by atoms with Gasteiger partial charge in [-0.25, -0.2) is 4.79 Å². The van der Waals surface area contributed by atoms with Crippen molar-refractivity contribution in [3.8, 4) is 17.2 Å². The van der Waals surface area contributed by atoms with Crippen LogP contribution in [0.3, 0.4) is 0 Å². The number of hydrogen-bond donors (Lipinski definition) is 2. The number of aromatic nitrogens is 2. The fourth-order valence-corrected chi connectivity index (χ4v) is 3.32. The Morgan fingerprint density at radius 3 is 2.50 bits per heavy atom. The third-order valence-electron chi connectivity index (χ3n) is 4.26. The maximum Gasteiger partial charge on any atom is 0.325 e. The Labute approximate surface area is 178 Å². The molecule has 1 heterocycles. The summed E-state index contributed by atoms with van der Waals surface area (Å²) < 4.78 is 10.7. The van der Waals surface area contributed by atoms with Crippen LogP contribution in [0.4, 0.5) is 10.5 Å². The largest absolute Gasteiger partial charge is 0.497 e. The Morgan fingerprint density at radius 1 is 1.10 bits per heavy atom. The van der Waals surface area contributed by atoms with Gasteiger partial charge in [0.05, 0.1) is 12.4 Å². The minimum absolute atomic E-state index is 0.234. The van der Waals surface area contributed by atoms with E-state index in [1.54, 1.807) is 44.4 Å². The lowest BCUT2D eigenvalue weighted by Gasteiger charge is -2.12. The molecule has 0 saturated heterocycles. The molecule has 156 valence electrons. The minimum Gasteiger partial charge on any atom is -0.497 e. The maximum absolute atomic E-state index is 12.3. The van der Waals surface area contributed by atoms with Crippen LogP contribution in [0.15, 0.2) is 52.1 Å². The molecule has 0 bridgehead atoms. The van der Waals surface area contributed by atoms with Gasteiger partial charge in [-0.15, -0.1) is 10.2 Å². The van der Waals surface area contributed by atoms with Crippen LogP contribution in [0, 0.1) is 13.8 Å². The Bertz CT molecular complexity index is 1050. The number of rotatable bonds is 6. The molecule has 0 aliphatic rings. The average Bonchev–Trinajstić information content (AvgIpc) is 3.18. The van der Waals surface area contributed by atoms with E-state index in [-0.39, 0.29) is 5.22 Å². The van der Waals surface area contributed by atoms with Crippen molar-refractivity contribution in [2.24, 2.45) is 0 Å². The molecule has 3 aromatic rings. The molecule has 0 spiro atoms. The van der Waals surface area contributed by atoms with E-state index >= 15 is 0 Å². The van der Waals surface area contributed by atoms with Gasteiger partial charge in [0.1, 0.15) is 5.75 Å². The quantitative estimate of drug-likeness (QED) is 0.569. The number of thioether (sulfide) groups is 1. The summed E-state index contributed by atoms with van der Waals surface area (Å²) in [4.78, 5) is 24.5. The molecular formula is C21H22N4O4S. The molecule has 3 rings (SSSR count). The highest BCUT2D eigenvalue weighted by molar-refractivity contribution is 8.00. The lowest BCUT2D eigenvalue weighted by Crippen LogP contribution is -2.39. The van der Waals surface area contributed by atoms with Crippen molar-refractivity contribution in [2.45, 2.75) is 31.2 Å². The van der Waals surface area contributed by atoms with E-state index in [1.807, 2.05) is 26.0 Å². The number of carbonyl (C=O) groups is 2. The first kappa shape index (κ1) is 21.4. The van der Waals surface area contributed by atoms with Crippen LogP contribution < -0.4 is 15.4 Å². The number of imide groups is 1. The smallest absolute Gasteiger partial charge is 0.325 e. The lowest BCUT2D eigenvalue weighted by atomic mass is 10.1. The van der Waals surface area contributed by atoms with Crippen LogP contribution in [0.5, 0.6) is 5.75 Å². The van der Waals surface area contributed by atoms with Crippen LogP contribution in [0.25, 0.3) is 11.5 Å². The number of ether oxygens (including phenoxy) is 1. The lowest BCUT2D eigenvalue weighted by molar-refractivity contribution is -0.119. The SMILES string of the molecule is COc1ccc(-c2nnc(SC(C)C(=O)NC(=O)Nc3ccc(C)cc3C)o2)cc1. The molecule has 2 aromatic carbocycles. The predicted octanol–water partition coefficient (Wildman–Crippen LogP) is 4.19. The van der Waals surface area contributed by atoms with E-state index in [0.29, 0.717) is 11.6 Å². The molecule has 9 heteroatoms. The van der Waals surface area contributed by atoms with Crippen molar-refractivity contribution in [1.29, 1.82) is 0 Å². The number of anilines is 1. The summed E-state index contributed by atoms with van der Waals surface area (Å²) >= 11 is 1.07. The van der Waals surface area contributed by atoms with Crippen LogP contribution >= 0.6 is 11.8 Å². The second-order valence-electron chi connectivity index (χ2n) is 6.62. The summed E-state index contributed by atoms with van der Waals surface area (Å²) in [6, 6.07) is 12.2. The highest BCUT2D eigenvalue weighted by Gasteiger charge is 2.21. The standard InChI is InChI=1S/C21H22N4O4S/c1-12-5-10-17(13(2)11-12)22-20(27)23-18(26)14(3)30-21-25-24-19(29-21)15-6-8-16(28-4)9-7-15/h5-11,14H,1-4H3,(H2,22,23,26,27). The molecule has 1 unspecified atom stereocenters. The average molecular weight is 426 g/mol. The first-order valence-corrected chi connectivity index (χ1v) is 10.1. The van der Waals surface area contributed by atoms with Gasteiger partial charge in [0.2, 0.25) is 11.8 Å². The van der Waals surface area contributed by atoms with E-state index in [2.05, 4.69) is 20.8 Å². The summed E-state index contributed by atoms with van der Waals surface area (Å²) in [5.41, 5.74) is 3.39. The molecule has 8 nitrogen and oxygen atoms in total. The molecule has 0 fully saturated rings. The van der Waals surface area contributed by atoms with Crippen LogP contribution in [-0.4, -0.2) is 34.5 Å². The van der Waals surface area contributed by atoms with Crippen molar-refractivity contribution in [1.82, 2.24) is 15.5 Å². The predicted molar refractivity (Wildman–Crippen MR) is 115 cm³/mol. The summed E-state index contributed by atoms with van der Waals surface area (Å²) in [6.07, 6.45) is 0. The molecule has 0 aliphatic heterocycles. The number of nitrogens with zero attached hydrogens (tertiary/aromatic N) is 2. The second kappa shape index (κ2) is 9.45. The van der Waals surface area contributed by atoms with Crippen molar-refractivity contribution >= 4 is 29.4 Å². The van der Waals surface area contributed by atoms with Crippen LogP contribution in [0.1, 0.15) is 18.1 Å². The molecular weight excluding hydrogens is 404 g/mol. The van der Waals surface area contributed by atoms with Gasteiger partial charge >= 0.3 is 6.03 Å². The fraction of sp³-hybridized carbons (Fsp3) is 0.238. The van der Waals surface area contributed by atoms with Gasteiger partial charge < -0.3 is 14.5 Å². The Balaban J connectivity index is 1.56. The number of aryl methyl sites for hydroxylation is 2. The molecule has 0 saturated carbocycles. The fourth-order valence-electron chi connectivity index (χ4n) is 2.63. The number of amides is 3. The van der Waals surface area contributed by atoms with E-state index < -0.39 is 17.2 Å². The van der Waals surface area contributed by atoms with Gasteiger partial charge in [0.25, 0.3) is 5.22 Å². The zero-order valence-electron chi connectivity index (χ0n) is 17.1. The molecule has 0 radical (unpaired) electrons. The van der Waals surface area contributed by atoms with Crippen molar-refractivity contribution < 1.29 is 18.7 Å². The summed E-state index contributed by atoms with van der Waals surface area (Å²) in [5, 5.41) is 12.6. The van der Waals surface area contributed by atoms with Crippen molar-refractivity contribution in [3.63, 3.8) is 0 Å². The van der Waals surface area contributed by atoms with Crippen molar-refractivity contribution in [3.05, 3.63) is 53.6 Å². The summed E-state index contributed by atoms with van der Waals surface area (Å²) in [5.74, 6) is 0.587. The summed E-state index contributed by atoms with van der Waals surface area (Å²) in [7, 11) is 1.59. The number of urea groups is 1. The van der Waals surface area contributed by atoms with Gasteiger partial charge in [-0.2, -0.15) is 0 Å². The first-order valence-electron chi connectivity index (χ1n) is 9.19. The maximum atomic E-state index is 12.3. The summed E-state index contributed by atoms with van der Waals surface area (Å²) in [6.45, 7) is 5.51. The Morgan fingerprint density at radius 2 is 1.83 bits per heavy atom. The van der Waals surface area contributed by atoms with Gasteiger partial charge in [0, 0.05) is 11.3 Å². The van der Waals surface area contributed by atoms with Gasteiger partial charge in [-0.3, -0.25) is 10.1 Å². The minimum atomic E-state index is -0.612. The highest BCUT2D eigenvalue weighted by Crippen LogP contribution is 2.27. The molecule has 1 atom stereocenters. The van der Waals surface area contributed by atoms with Gasteiger partial charge in [0.15, 0.2) is 0 Å². The highest BCUT2D eigenvalue weighted by atomic mass is 32.2. The van der Waals surface area contributed by atoms with Gasteiger partial charge in [-0.1, -0.05) is 29.5 Å². The zero-order valence-corrected chi connectivity index (χ0v) is 17.9. The number of hydrogen-bond acceptors (Lipinski definition) is 7. The number of benzene rings is 2. The molecule has 2 N–H and O–H groups in total. The van der Waals surface area contributed by atoms with Crippen LogP contribution in [0.2, 0.25) is 0 Å². The number of carbonyl (C=O) groups excluding carboxylic acids is 2. The van der Waals surface area contributed by atoms with Crippen LogP contribution in [-0.2, 0) is 4.79 Å². The third-order valence-corrected chi connectivity index (χ3v) is 5.19. The molecule has 30 heavy (non-hydrogen) atoms. The molecule has 3 amide bonds. The van der Waals surface area contributed by atoms with E-state index in [1.165, 1.54) is 0 Å². The Hall–Kier alpha value is -3.33. The van der Waals surface area contributed by atoms with E-state index in [0.717, 1.165) is 34.2 Å². The second-order valence-corrected chi connectivity index (χ2v) is 7.92. The molecule has 0 aliphatic carbocycles. The Kier molecular flexibility index (Phi) is 6.73. The number of nitrogens with one attached hydrogen (secondary N) is 2. The topological polar surface area (TPSA) is 106 Å². The normalized spacial score (nSPS) is 11.6. The first-order chi connectivity index (χ1) is 14.4. The van der Waals surface area contributed by atoms with E-state index in [9.17, 15) is 9.59 Å².